The molecule has 2 amide bonds. The highest BCUT2D eigenvalue weighted by Crippen LogP contribution is 2.37. The topological polar surface area (TPSA) is 74.4 Å². The van der Waals surface area contributed by atoms with E-state index in [9.17, 15) is 22.8 Å². The van der Waals surface area contributed by atoms with E-state index in [1.807, 2.05) is 9.80 Å². The largest absolute Gasteiger partial charge is 0.441 e. The molecule has 0 radical (unpaired) electrons. The summed E-state index contributed by atoms with van der Waals surface area (Å²) in [6.07, 6.45) is 0.398. The van der Waals surface area contributed by atoms with Gasteiger partial charge in [-0.25, -0.2) is 10.3 Å². The quantitative estimate of drug-likeness (QED) is 0.617. The highest BCUT2D eigenvalue weighted by molar-refractivity contribution is 5.79. The molecule has 0 aromatic heterocycles. The molecule has 5 rings (SSSR count). The number of carbonyl (C=O) groups excluding carboxylic acids is 2. The average Bonchev–Trinajstić information content (AvgIpc) is 3.05. The number of likely N-dealkylation sites (tertiary alicyclic amines) is 1. The molecule has 0 unspecified atom stereocenters. The second kappa shape index (κ2) is 11.4. The van der Waals surface area contributed by atoms with Crippen molar-refractivity contribution in [3.63, 3.8) is 0 Å². The van der Waals surface area contributed by atoms with Gasteiger partial charge in [-0.1, -0.05) is 12.1 Å². The summed E-state index contributed by atoms with van der Waals surface area (Å²) in [5.74, 6) is 0.643. The SMILES string of the molecule is O=C1OC2(CCN(Cc3ccc(C(F)(F)F)cc3)CC2)CN1CC1CCC(C(=O)N2CCNOCC2)CC1. The van der Waals surface area contributed by atoms with Crippen molar-refractivity contribution in [1.82, 2.24) is 20.2 Å². The van der Waals surface area contributed by atoms with Crippen LogP contribution in [0, 0.1) is 11.8 Å². The van der Waals surface area contributed by atoms with Gasteiger partial charge in [0.15, 0.2) is 0 Å². The van der Waals surface area contributed by atoms with Crippen LogP contribution < -0.4 is 5.48 Å². The summed E-state index contributed by atoms with van der Waals surface area (Å²) in [7, 11) is 0. The van der Waals surface area contributed by atoms with Gasteiger partial charge in [0.1, 0.15) is 5.60 Å². The number of benzene rings is 1. The minimum atomic E-state index is -4.33. The summed E-state index contributed by atoms with van der Waals surface area (Å²) in [5, 5.41) is 0. The first-order chi connectivity index (χ1) is 18.2. The Labute approximate surface area is 221 Å². The minimum absolute atomic E-state index is 0.0511. The van der Waals surface area contributed by atoms with Gasteiger partial charge in [0.05, 0.1) is 18.7 Å². The molecule has 1 spiro atoms. The normalized spacial score (nSPS) is 26.9. The molecule has 0 bridgehead atoms. The molecule has 3 aliphatic heterocycles. The van der Waals surface area contributed by atoms with Crippen LogP contribution in [0.4, 0.5) is 18.0 Å². The highest BCUT2D eigenvalue weighted by atomic mass is 19.4. The van der Waals surface area contributed by atoms with Crippen LogP contribution in [0.3, 0.4) is 0 Å². The van der Waals surface area contributed by atoms with Crippen molar-refractivity contribution in [3.8, 4) is 0 Å². The van der Waals surface area contributed by atoms with Crippen LogP contribution >= 0.6 is 0 Å². The Balaban J connectivity index is 1.06. The van der Waals surface area contributed by atoms with Gasteiger partial charge in [-0.15, -0.1) is 0 Å². The molecule has 1 saturated carbocycles. The van der Waals surface area contributed by atoms with Gasteiger partial charge < -0.3 is 14.5 Å². The third kappa shape index (κ3) is 6.43. The summed E-state index contributed by atoms with van der Waals surface area (Å²) in [4.78, 5) is 36.8. The summed E-state index contributed by atoms with van der Waals surface area (Å²) >= 11 is 0. The molecular weight excluding hydrogens is 501 g/mol. The molecule has 1 aromatic rings. The van der Waals surface area contributed by atoms with Crippen LogP contribution in [-0.4, -0.2) is 84.7 Å². The number of alkyl halides is 3. The van der Waals surface area contributed by atoms with Crippen LogP contribution in [0.1, 0.15) is 49.7 Å². The van der Waals surface area contributed by atoms with E-state index in [-0.39, 0.29) is 17.9 Å². The molecule has 38 heavy (non-hydrogen) atoms. The number of carbonyl (C=O) groups is 2. The molecule has 0 atom stereocenters. The van der Waals surface area contributed by atoms with Crippen molar-refractivity contribution in [2.75, 3.05) is 52.4 Å². The number of amides is 2. The summed E-state index contributed by atoms with van der Waals surface area (Å²) < 4.78 is 44.3. The first-order valence-corrected chi connectivity index (χ1v) is 13.7. The first kappa shape index (κ1) is 27.2. The van der Waals surface area contributed by atoms with Crippen LogP contribution in [-0.2, 0) is 27.1 Å². The van der Waals surface area contributed by atoms with Gasteiger partial charge in [-0.2, -0.15) is 13.2 Å². The first-order valence-electron chi connectivity index (χ1n) is 13.7. The van der Waals surface area contributed by atoms with E-state index in [1.54, 1.807) is 0 Å². The predicted molar refractivity (Wildman–Crippen MR) is 133 cm³/mol. The van der Waals surface area contributed by atoms with Gasteiger partial charge in [-0.05, 0) is 49.3 Å². The minimum Gasteiger partial charge on any atom is -0.441 e. The Bertz CT molecular complexity index is 966. The van der Waals surface area contributed by atoms with Crippen LogP contribution in [0.5, 0.6) is 0 Å². The van der Waals surface area contributed by atoms with E-state index in [2.05, 4.69) is 10.4 Å². The second-order valence-electron chi connectivity index (χ2n) is 11.2. The van der Waals surface area contributed by atoms with E-state index in [4.69, 9.17) is 9.57 Å². The van der Waals surface area contributed by atoms with E-state index in [0.717, 1.165) is 56.5 Å². The number of hydroxylamine groups is 1. The number of ether oxygens (including phenoxy) is 1. The van der Waals surface area contributed by atoms with E-state index in [1.165, 1.54) is 12.1 Å². The number of nitrogens with zero attached hydrogens (tertiary/aromatic N) is 3. The monoisotopic (exact) mass is 538 g/mol. The van der Waals surface area contributed by atoms with E-state index >= 15 is 0 Å². The number of nitrogens with one attached hydrogen (secondary N) is 1. The van der Waals surface area contributed by atoms with Gasteiger partial charge in [0.25, 0.3) is 0 Å². The molecule has 1 N–H and O–H groups in total. The number of hydrogen-bond donors (Lipinski definition) is 1. The molecule has 8 nitrogen and oxygen atoms in total. The van der Waals surface area contributed by atoms with Crippen LogP contribution in [0.15, 0.2) is 24.3 Å². The number of halogens is 3. The molecule has 1 aromatic carbocycles. The molecule has 11 heteroatoms. The van der Waals surface area contributed by atoms with Crippen molar-refractivity contribution < 1.29 is 32.3 Å². The predicted octanol–water partition coefficient (Wildman–Crippen LogP) is 3.66. The van der Waals surface area contributed by atoms with Gasteiger partial charge >= 0.3 is 12.3 Å². The fourth-order valence-electron chi connectivity index (χ4n) is 6.24. The average molecular weight is 539 g/mol. The summed E-state index contributed by atoms with van der Waals surface area (Å²) in [6.45, 7) is 5.72. The molecule has 1 aliphatic carbocycles. The molecular formula is C27H37F3N4O4. The number of piperidine rings is 1. The lowest BCUT2D eigenvalue weighted by atomic mass is 9.81. The Morgan fingerprint density at radius 1 is 1.03 bits per heavy atom. The van der Waals surface area contributed by atoms with Crippen molar-refractivity contribution in [2.45, 2.75) is 56.8 Å². The van der Waals surface area contributed by atoms with Crippen LogP contribution in [0.2, 0.25) is 0 Å². The van der Waals surface area contributed by atoms with Gasteiger partial charge in [0.2, 0.25) is 5.91 Å². The zero-order valence-corrected chi connectivity index (χ0v) is 21.7. The maximum absolute atomic E-state index is 12.9. The van der Waals surface area contributed by atoms with Crippen LogP contribution in [0.25, 0.3) is 0 Å². The number of rotatable bonds is 5. The molecule has 210 valence electrons. The van der Waals surface area contributed by atoms with E-state index < -0.39 is 17.3 Å². The zero-order chi connectivity index (χ0) is 26.8. The molecule has 4 fully saturated rings. The Morgan fingerprint density at radius 3 is 2.42 bits per heavy atom. The second-order valence-corrected chi connectivity index (χ2v) is 11.2. The lowest BCUT2D eigenvalue weighted by Crippen LogP contribution is -2.47. The van der Waals surface area contributed by atoms with Crippen molar-refractivity contribution in [2.24, 2.45) is 11.8 Å². The molecule has 4 aliphatic rings. The maximum Gasteiger partial charge on any atom is 0.416 e. The van der Waals surface area contributed by atoms with Gasteiger partial charge in [-0.3, -0.25) is 14.5 Å². The zero-order valence-electron chi connectivity index (χ0n) is 21.7. The third-order valence-electron chi connectivity index (χ3n) is 8.53. The van der Waals surface area contributed by atoms with Gasteiger partial charge in [0, 0.05) is 64.6 Å². The van der Waals surface area contributed by atoms with Crippen molar-refractivity contribution >= 4 is 12.0 Å². The maximum atomic E-state index is 12.9. The molecule has 3 saturated heterocycles. The Kier molecular flexibility index (Phi) is 8.16. The van der Waals surface area contributed by atoms with Crippen molar-refractivity contribution in [1.29, 1.82) is 0 Å². The van der Waals surface area contributed by atoms with Crippen molar-refractivity contribution in [3.05, 3.63) is 35.4 Å². The Morgan fingerprint density at radius 2 is 1.74 bits per heavy atom. The lowest BCUT2D eigenvalue weighted by Gasteiger charge is -2.37. The number of hydrogen-bond acceptors (Lipinski definition) is 6. The standard InChI is InChI=1S/C27H37F3N4O4/c28-27(29,30)23-7-3-20(4-8-23)17-32-12-9-26(10-13-32)19-34(25(36)38-26)18-21-1-5-22(6-2-21)24(35)33-14-11-31-37-16-15-33/h3-4,7-8,21-22,31H,1-2,5-6,9-19H2. The van der Waals surface area contributed by atoms with E-state index in [0.29, 0.717) is 64.6 Å². The fourth-order valence-corrected chi connectivity index (χ4v) is 6.24. The Hall–Kier alpha value is -2.37. The third-order valence-corrected chi connectivity index (χ3v) is 8.53. The summed E-state index contributed by atoms with van der Waals surface area (Å²) in [6, 6.07) is 5.32. The summed E-state index contributed by atoms with van der Waals surface area (Å²) in [5.41, 5.74) is 2.57. The lowest BCUT2D eigenvalue weighted by molar-refractivity contribution is -0.138. The molecule has 3 heterocycles. The fraction of sp³-hybridized carbons (Fsp3) is 0.704. The highest BCUT2D eigenvalue weighted by Gasteiger charge is 2.47. The smallest absolute Gasteiger partial charge is 0.416 e.